The summed E-state index contributed by atoms with van der Waals surface area (Å²) in [5.41, 5.74) is 0. The Morgan fingerprint density at radius 1 is 0.933 bits per heavy atom. The van der Waals surface area contributed by atoms with Crippen molar-refractivity contribution in [2.45, 2.75) is 45.6 Å². The molecule has 15 heavy (non-hydrogen) atoms. The Morgan fingerprint density at radius 3 is 1.80 bits per heavy atom. The summed E-state index contributed by atoms with van der Waals surface area (Å²) >= 11 is 0. The molecule has 0 aromatic heterocycles. The number of ether oxygens (including phenoxy) is 1. The van der Waals surface area contributed by atoms with Crippen LogP contribution in [0, 0.1) is 0 Å². The molecular weight excluding hydrogens is 196 g/mol. The first kappa shape index (κ1) is 17.2. The molecule has 0 aliphatic rings. The number of unbranched alkanes of at least 4 members (excludes halogenated alkanes) is 3. The summed E-state index contributed by atoms with van der Waals surface area (Å²) in [7, 11) is 0. The smallest absolute Gasteiger partial charge is 0.104 e. The maximum Gasteiger partial charge on any atom is 0.104 e. The molecule has 0 spiro atoms. The van der Waals surface area contributed by atoms with Gasteiger partial charge in [0, 0.05) is 13.2 Å². The SMILES string of the molecule is CCCCCCO.CCOC(CO)CO. The molecule has 0 heterocycles. The second-order valence-electron chi connectivity index (χ2n) is 3.23. The molecule has 0 saturated carbocycles. The molecule has 0 atom stereocenters. The van der Waals surface area contributed by atoms with Crippen LogP contribution in [0.25, 0.3) is 0 Å². The van der Waals surface area contributed by atoms with E-state index in [-0.39, 0.29) is 19.3 Å². The molecule has 0 saturated heterocycles. The fourth-order valence-electron chi connectivity index (χ4n) is 0.937. The van der Waals surface area contributed by atoms with Gasteiger partial charge in [0.2, 0.25) is 0 Å². The first-order valence-corrected chi connectivity index (χ1v) is 5.70. The summed E-state index contributed by atoms with van der Waals surface area (Å²) in [5.74, 6) is 0. The van der Waals surface area contributed by atoms with E-state index in [1.807, 2.05) is 6.92 Å². The maximum absolute atomic E-state index is 8.37. The third-order valence-electron chi connectivity index (χ3n) is 1.82. The minimum absolute atomic E-state index is 0.107. The van der Waals surface area contributed by atoms with Gasteiger partial charge in [0.05, 0.1) is 13.2 Å². The zero-order valence-corrected chi connectivity index (χ0v) is 9.98. The largest absolute Gasteiger partial charge is 0.396 e. The van der Waals surface area contributed by atoms with Crippen LogP contribution in [0.4, 0.5) is 0 Å². The molecule has 0 rings (SSSR count). The molecule has 4 heteroatoms. The molecular formula is C11H26O4. The monoisotopic (exact) mass is 222 g/mol. The van der Waals surface area contributed by atoms with Crippen molar-refractivity contribution in [3.8, 4) is 0 Å². The standard InChI is InChI=1S/C6H14O.C5H12O3/c1-2-3-4-5-6-7;1-2-8-5(3-6)4-7/h7H,2-6H2,1H3;5-7H,2-4H2,1H3. The van der Waals surface area contributed by atoms with Crippen LogP contribution in [0.15, 0.2) is 0 Å². The zero-order valence-electron chi connectivity index (χ0n) is 9.98. The Balaban J connectivity index is 0. The molecule has 0 aliphatic carbocycles. The highest BCUT2D eigenvalue weighted by atomic mass is 16.5. The van der Waals surface area contributed by atoms with E-state index >= 15 is 0 Å². The molecule has 0 aliphatic heterocycles. The highest BCUT2D eigenvalue weighted by Crippen LogP contribution is 1.96. The molecule has 94 valence electrons. The van der Waals surface area contributed by atoms with Crippen LogP contribution in [0.3, 0.4) is 0 Å². The van der Waals surface area contributed by atoms with E-state index in [1.54, 1.807) is 0 Å². The molecule has 0 fully saturated rings. The summed E-state index contributed by atoms with van der Waals surface area (Å²) in [6.07, 6.45) is 4.29. The van der Waals surface area contributed by atoms with E-state index < -0.39 is 0 Å². The zero-order chi connectivity index (χ0) is 11.9. The molecule has 0 unspecified atom stereocenters. The Kier molecular flexibility index (Phi) is 18.7. The van der Waals surface area contributed by atoms with Crippen molar-refractivity contribution < 1.29 is 20.1 Å². The van der Waals surface area contributed by atoms with Crippen LogP contribution in [-0.2, 0) is 4.74 Å². The van der Waals surface area contributed by atoms with Crippen LogP contribution in [0.2, 0.25) is 0 Å². The number of rotatable bonds is 8. The van der Waals surface area contributed by atoms with Crippen molar-refractivity contribution in [2.75, 3.05) is 26.4 Å². The average molecular weight is 222 g/mol. The lowest BCUT2D eigenvalue weighted by Crippen LogP contribution is -2.21. The molecule has 0 amide bonds. The lowest BCUT2D eigenvalue weighted by Gasteiger charge is -2.08. The molecule has 0 bridgehead atoms. The van der Waals surface area contributed by atoms with Gasteiger partial charge in [-0.15, -0.1) is 0 Å². The molecule has 3 N–H and O–H groups in total. The lowest BCUT2D eigenvalue weighted by molar-refractivity contribution is -0.0139. The van der Waals surface area contributed by atoms with Gasteiger partial charge in [-0.2, -0.15) is 0 Å². The topological polar surface area (TPSA) is 69.9 Å². The van der Waals surface area contributed by atoms with Gasteiger partial charge < -0.3 is 20.1 Å². The van der Waals surface area contributed by atoms with E-state index in [2.05, 4.69) is 6.92 Å². The van der Waals surface area contributed by atoms with Gasteiger partial charge in [0.15, 0.2) is 0 Å². The third-order valence-corrected chi connectivity index (χ3v) is 1.82. The first-order valence-electron chi connectivity index (χ1n) is 5.70. The van der Waals surface area contributed by atoms with Gasteiger partial charge in [-0.1, -0.05) is 26.2 Å². The fourth-order valence-corrected chi connectivity index (χ4v) is 0.937. The van der Waals surface area contributed by atoms with Crippen molar-refractivity contribution >= 4 is 0 Å². The van der Waals surface area contributed by atoms with Crippen LogP contribution in [0.5, 0.6) is 0 Å². The average Bonchev–Trinajstić information content (AvgIpc) is 2.27. The van der Waals surface area contributed by atoms with Crippen LogP contribution >= 0.6 is 0 Å². The summed E-state index contributed by atoms with van der Waals surface area (Å²) in [4.78, 5) is 0. The van der Waals surface area contributed by atoms with Crippen LogP contribution in [0.1, 0.15) is 39.5 Å². The van der Waals surface area contributed by atoms with Crippen molar-refractivity contribution in [2.24, 2.45) is 0 Å². The summed E-state index contributed by atoms with van der Waals surface area (Å²) in [6, 6.07) is 0. The predicted molar refractivity (Wildman–Crippen MR) is 60.8 cm³/mol. The van der Waals surface area contributed by atoms with E-state index in [9.17, 15) is 0 Å². The maximum atomic E-state index is 8.37. The van der Waals surface area contributed by atoms with E-state index in [1.165, 1.54) is 19.3 Å². The van der Waals surface area contributed by atoms with Crippen LogP contribution in [-0.4, -0.2) is 47.9 Å². The van der Waals surface area contributed by atoms with Crippen molar-refractivity contribution in [1.82, 2.24) is 0 Å². The minimum Gasteiger partial charge on any atom is -0.396 e. The van der Waals surface area contributed by atoms with Crippen molar-refractivity contribution in [3.05, 3.63) is 0 Å². The summed E-state index contributed by atoms with van der Waals surface area (Å²) in [6.45, 7) is 4.66. The third kappa shape index (κ3) is 16.5. The Bertz CT molecular complexity index is 90.6. The van der Waals surface area contributed by atoms with Gasteiger partial charge in [-0.3, -0.25) is 0 Å². The van der Waals surface area contributed by atoms with Gasteiger partial charge in [0.25, 0.3) is 0 Å². The van der Waals surface area contributed by atoms with E-state index in [0.29, 0.717) is 13.2 Å². The van der Waals surface area contributed by atoms with Crippen LogP contribution < -0.4 is 0 Å². The van der Waals surface area contributed by atoms with E-state index in [0.717, 1.165) is 6.42 Å². The Morgan fingerprint density at radius 2 is 1.53 bits per heavy atom. The van der Waals surface area contributed by atoms with Gasteiger partial charge in [0.1, 0.15) is 6.10 Å². The molecule has 0 aromatic carbocycles. The van der Waals surface area contributed by atoms with Crippen molar-refractivity contribution in [1.29, 1.82) is 0 Å². The summed E-state index contributed by atoms with van der Waals surface area (Å²) in [5, 5.41) is 25.0. The van der Waals surface area contributed by atoms with Crippen molar-refractivity contribution in [3.63, 3.8) is 0 Å². The molecule has 0 radical (unpaired) electrons. The highest BCUT2D eigenvalue weighted by molar-refractivity contribution is 4.49. The lowest BCUT2D eigenvalue weighted by atomic mass is 10.2. The minimum atomic E-state index is -0.389. The fraction of sp³-hybridized carbons (Fsp3) is 1.00. The number of hydrogen-bond donors (Lipinski definition) is 3. The normalized spacial score (nSPS) is 10.0. The van der Waals surface area contributed by atoms with E-state index in [4.69, 9.17) is 20.1 Å². The quantitative estimate of drug-likeness (QED) is 0.534. The molecule has 4 nitrogen and oxygen atoms in total. The second-order valence-corrected chi connectivity index (χ2v) is 3.23. The number of aliphatic hydroxyl groups excluding tert-OH is 3. The summed E-state index contributed by atoms with van der Waals surface area (Å²) < 4.78 is 4.84. The predicted octanol–water partition coefficient (Wildman–Crippen LogP) is 0.935. The second kappa shape index (κ2) is 16.3. The first-order chi connectivity index (χ1) is 7.26. The number of aliphatic hydroxyl groups is 3. The Labute approximate surface area is 92.9 Å². The van der Waals surface area contributed by atoms with Gasteiger partial charge in [-0.05, 0) is 13.3 Å². The number of hydrogen-bond acceptors (Lipinski definition) is 4. The van der Waals surface area contributed by atoms with Gasteiger partial charge in [-0.25, -0.2) is 0 Å². The van der Waals surface area contributed by atoms with Gasteiger partial charge >= 0.3 is 0 Å². The highest BCUT2D eigenvalue weighted by Gasteiger charge is 2.01. The molecule has 0 aromatic rings. The Hall–Kier alpha value is -0.160.